The van der Waals surface area contributed by atoms with E-state index in [-0.39, 0.29) is 5.91 Å². The predicted octanol–water partition coefficient (Wildman–Crippen LogP) is 1.31. The summed E-state index contributed by atoms with van der Waals surface area (Å²) in [5.74, 6) is 0.198. The molecule has 0 radical (unpaired) electrons. The van der Waals surface area contributed by atoms with Crippen molar-refractivity contribution in [3.63, 3.8) is 0 Å². The van der Waals surface area contributed by atoms with E-state index in [2.05, 4.69) is 21.6 Å². The summed E-state index contributed by atoms with van der Waals surface area (Å²) in [5, 5.41) is 6.97. The van der Waals surface area contributed by atoms with Gasteiger partial charge in [-0.3, -0.25) is 4.79 Å². The molecule has 2 aliphatic heterocycles. The summed E-state index contributed by atoms with van der Waals surface area (Å²) in [7, 11) is 0. The number of hydrogen-bond donors (Lipinski definition) is 2. The van der Waals surface area contributed by atoms with Gasteiger partial charge in [0.15, 0.2) is 0 Å². The molecule has 0 spiro atoms. The quantitative estimate of drug-likeness (QED) is 0.877. The monoisotopic (exact) mass is 330 g/mol. The first-order chi connectivity index (χ1) is 11.8. The van der Waals surface area contributed by atoms with Gasteiger partial charge in [0.2, 0.25) is 0 Å². The van der Waals surface area contributed by atoms with E-state index in [0.717, 1.165) is 64.5 Å². The SMILES string of the molecule is O=C1c2ccccc2CN1CCN1CCCCCNCCNCC1. The van der Waals surface area contributed by atoms with Crippen LogP contribution in [0.2, 0.25) is 0 Å². The van der Waals surface area contributed by atoms with E-state index in [1.165, 1.54) is 24.8 Å². The number of hydrogen-bond acceptors (Lipinski definition) is 4. The van der Waals surface area contributed by atoms with Crippen LogP contribution in [0.5, 0.6) is 0 Å². The zero-order valence-electron chi connectivity index (χ0n) is 14.6. The summed E-state index contributed by atoms with van der Waals surface area (Å²) in [6, 6.07) is 8.00. The zero-order chi connectivity index (χ0) is 16.6. The number of carbonyl (C=O) groups excluding carboxylic acids is 1. The van der Waals surface area contributed by atoms with E-state index in [0.29, 0.717) is 0 Å². The molecular weight excluding hydrogens is 300 g/mol. The summed E-state index contributed by atoms with van der Waals surface area (Å²) in [6.45, 7) is 9.01. The molecular formula is C19H30N4O. The molecule has 0 aromatic heterocycles. The minimum Gasteiger partial charge on any atom is -0.333 e. The molecule has 0 atom stereocenters. The topological polar surface area (TPSA) is 47.6 Å². The fraction of sp³-hybridized carbons (Fsp3) is 0.632. The molecule has 132 valence electrons. The Balaban J connectivity index is 1.48. The Labute approximate surface area is 145 Å². The molecule has 5 heteroatoms. The normalized spacial score (nSPS) is 21.2. The standard InChI is InChI=1S/C19H30N4O/c24-19-18-7-3-2-6-17(18)16-23(19)15-14-22-12-5-1-4-8-20-9-10-21-11-13-22/h2-3,6-7,20-21H,1,4-5,8-16H2. The molecule has 0 bridgehead atoms. The Bertz CT molecular complexity index is 522. The number of rotatable bonds is 3. The fourth-order valence-corrected chi connectivity index (χ4v) is 3.52. The molecule has 1 aromatic carbocycles. The average Bonchev–Trinajstić information content (AvgIpc) is 2.91. The lowest BCUT2D eigenvalue weighted by atomic mass is 10.1. The van der Waals surface area contributed by atoms with Crippen molar-refractivity contribution in [2.45, 2.75) is 25.8 Å². The maximum Gasteiger partial charge on any atom is 0.254 e. The maximum atomic E-state index is 12.5. The molecule has 1 saturated heterocycles. The largest absolute Gasteiger partial charge is 0.333 e. The highest BCUT2D eigenvalue weighted by atomic mass is 16.2. The minimum atomic E-state index is 0.198. The zero-order valence-corrected chi connectivity index (χ0v) is 14.6. The van der Waals surface area contributed by atoms with Gasteiger partial charge in [0.1, 0.15) is 0 Å². The van der Waals surface area contributed by atoms with Crippen LogP contribution in [0, 0.1) is 0 Å². The summed E-state index contributed by atoms with van der Waals surface area (Å²) < 4.78 is 0. The summed E-state index contributed by atoms with van der Waals surface area (Å²) >= 11 is 0. The van der Waals surface area contributed by atoms with Crippen LogP contribution < -0.4 is 10.6 Å². The van der Waals surface area contributed by atoms with Crippen LogP contribution in [0.25, 0.3) is 0 Å². The van der Waals surface area contributed by atoms with Crippen LogP contribution in [0.3, 0.4) is 0 Å². The van der Waals surface area contributed by atoms with Crippen LogP contribution in [-0.2, 0) is 6.54 Å². The number of nitrogens with zero attached hydrogens (tertiary/aromatic N) is 2. The second-order valence-electron chi connectivity index (χ2n) is 6.79. The molecule has 1 aromatic rings. The Morgan fingerprint density at radius 3 is 2.58 bits per heavy atom. The highest BCUT2D eigenvalue weighted by molar-refractivity contribution is 5.98. The Morgan fingerprint density at radius 1 is 0.875 bits per heavy atom. The van der Waals surface area contributed by atoms with Crippen molar-refractivity contribution in [2.75, 3.05) is 52.4 Å². The van der Waals surface area contributed by atoms with Crippen LogP contribution in [0.4, 0.5) is 0 Å². The Kier molecular flexibility index (Phi) is 6.64. The number of fused-ring (bicyclic) bond motifs is 1. The van der Waals surface area contributed by atoms with Gasteiger partial charge in [0, 0.05) is 51.4 Å². The minimum absolute atomic E-state index is 0.198. The molecule has 0 aliphatic carbocycles. The van der Waals surface area contributed by atoms with E-state index in [1.54, 1.807) is 0 Å². The van der Waals surface area contributed by atoms with Crippen molar-refractivity contribution >= 4 is 5.91 Å². The van der Waals surface area contributed by atoms with Crippen LogP contribution in [0.1, 0.15) is 35.2 Å². The lowest BCUT2D eigenvalue weighted by Crippen LogP contribution is -2.40. The smallest absolute Gasteiger partial charge is 0.254 e. The highest BCUT2D eigenvalue weighted by Crippen LogP contribution is 2.21. The van der Waals surface area contributed by atoms with E-state index in [9.17, 15) is 4.79 Å². The van der Waals surface area contributed by atoms with Crippen molar-refractivity contribution in [3.05, 3.63) is 35.4 Å². The molecule has 5 nitrogen and oxygen atoms in total. The Hall–Kier alpha value is -1.43. The van der Waals surface area contributed by atoms with Crippen molar-refractivity contribution in [3.8, 4) is 0 Å². The lowest BCUT2D eigenvalue weighted by Gasteiger charge is -2.26. The fourth-order valence-electron chi connectivity index (χ4n) is 3.52. The van der Waals surface area contributed by atoms with Crippen molar-refractivity contribution < 1.29 is 4.79 Å². The van der Waals surface area contributed by atoms with E-state index in [1.807, 2.05) is 23.1 Å². The molecule has 0 unspecified atom stereocenters. The number of carbonyl (C=O) groups is 1. The molecule has 2 aliphatic rings. The molecule has 2 N–H and O–H groups in total. The summed E-state index contributed by atoms with van der Waals surface area (Å²) in [5.41, 5.74) is 2.06. The third-order valence-electron chi connectivity index (χ3n) is 4.99. The van der Waals surface area contributed by atoms with Crippen LogP contribution in [-0.4, -0.2) is 68.1 Å². The number of nitrogens with one attached hydrogen (secondary N) is 2. The molecule has 0 saturated carbocycles. The van der Waals surface area contributed by atoms with E-state index < -0.39 is 0 Å². The van der Waals surface area contributed by atoms with Gasteiger partial charge in [-0.2, -0.15) is 0 Å². The van der Waals surface area contributed by atoms with E-state index in [4.69, 9.17) is 0 Å². The predicted molar refractivity (Wildman–Crippen MR) is 97.2 cm³/mol. The van der Waals surface area contributed by atoms with Crippen molar-refractivity contribution in [1.29, 1.82) is 0 Å². The maximum absolute atomic E-state index is 12.5. The lowest BCUT2D eigenvalue weighted by molar-refractivity contribution is 0.0758. The average molecular weight is 330 g/mol. The second-order valence-corrected chi connectivity index (χ2v) is 6.79. The second kappa shape index (κ2) is 9.16. The summed E-state index contributed by atoms with van der Waals surface area (Å²) in [6.07, 6.45) is 3.79. The number of benzene rings is 1. The van der Waals surface area contributed by atoms with Crippen LogP contribution >= 0.6 is 0 Å². The molecule has 1 fully saturated rings. The molecule has 3 rings (SSSR count). The van der Waals surface area contributed by atoms with Crippen molar-refractivity contribution in [2.24, 2.45) is 0 Å². The van der Waals surface area contributed by atoms with Gasteiger partial charge in [0.25, 0.3) is 5.91 Å². The first kappa shape index (κ1) is 17.4. The van der Waals surface area contributed by atoms with Crippen molar-refractivity contribution in [1.82, 2.24) is 20.4 Å². The summed E-state index contributed by atoms with van der Waals surface area (Å²) in [4.78, 5) is 17.0. The van der Waals surface area contributed by atoms with Gasteiger partial charge in [-0.1, -0.05) is 24.6 Å². The third-order valence-corrected chi connectivity index (χ3v) is 4.99. The number of amides is 1. The van der Waals surface area contributed by atoms with Gasteiger partial charge < -0.3 is 20.4 Å². The first-order valence-electron chi connectivity index (χ1n) is 9.35. The van der Waals surface area contributed by atoms with Gasteiger partial charge in [-0.05, 0) is 37.6 Å². The molecule has 24 heavy (non-hydrogen) atoms. The Morgan fingerprint density at radius 2 is 1.71 bits per heavy atom. The third kappa shape index (κ3) is 4.79. The van der Waals surface area contributed by atoms with E-state index >= 15 is 0 Å². The van der Waals surface area contributed by atoms with Gasteiger partial charge >= 0.3 is 0 Å². The van der Waals surface area contributed by atoms with Gasteiger partial charge in [-0.15, -0.1) is 0 Å². The molecule has 2 heterocycles. The highest BCUT2D eigenvalue weighted by Gasteiger charge is 2.26. The van der Waals surface area contributed by atoms with Gasteiger partial charge in [0.05, 0.1) is 0 Å². The van der Waals surface area contributed by atoms with Crippen LogP contribution in [0.15, 0.2) is 24.3 Å². The molecule has 1 amide bonds. The van der Waals surface area contributed by atoms with Gasteiger partial charge in [-0.25, -0.2) is 0 Å². The first-order valence-corrected chi connectivity index (χ1v) is 9.35.